The van der Waals surface area contributed by atoms with E-state index in [1.165, 1.54) is 0 Å². The molecule has 0 saturated carbocycles. The van der Waals surface area contributed by atoms with Gasteiger partial charge in [0.25, 0.3) is 0 Å². The van der Waals surface area contributed by atoms with Gasteiger partial charge in [-0.2, -0.15) is 0 Å². The van der Waals surface area contributed by atoms with Gasteiger partial charge in [0.2, 0.25) is 6.29 Å². The lowest BCUT2D eigenvalue weighted by Gasteiger charge is -2.18. The second-order valence-corrected chi connectivity index (χ2v) is 4.24. The summed E-state index contributed by atoms with van der Waals surface area (Å²) >= 11 is 0. The van der Waals surface area contributed by atoms with E-state index < -0.39 is 18.2 Å². The molecule has 0 amide bonds. The Morgan fingerprint density at radius 2 is 1.68 bits per heavy atom. The molecule has 0 spiro atoms. The number of aliphatic hydroxyl groups excluding tert-OH is 1. The molecular weight excluding hydrogens is 288 g/mol. The first-order valence-electron chi connectivity index (χ1n) is 7.17. The van der Waals surface area contributed by atoms with E-state index in [0.717, 1.165) is 12.5 Å². The fraction of sp³-hybridized carbons (Fsp3) is 0.500. The van der Waals surface area contributed by atoms with Crippen molar-refractivity contribution in [2.75, 3.05) is 6.61 Å². The van der Waals surface area contributed by atoms with Crippen molar-refractivity contribution >= 4 is 11.9 Å². The maximum absolute atomic E-state index is 12.2. The fourth-order valence-electron chi connectivity index (χ4n) is 1.82. The molecule has 0 radical (unpaired) electrons. The normalized spacial score (nSPS) is 12.7. The maximum atomic E-state index is 12.2. The summed E-state index contributed by atoms with van der Waals surface area (Å²) in [4.78, 5) is 24.1. The molecule has 0 aliphatic carbocycles. The highest BCUT2D eigenvalue weighted by atomic mass is 16.7. The fourth-order valence-corrected chi connectivity index (χ4v) is 1.82. The summed E-state index contributed by atoms with van der Waals surface area (Å²) in [5, 5.41) is 8.83. The molecule has 0 bridgehead atoms. The number of hydrogen-bond donors (Lipinski definition) is 1. The Balaban J connectivity index is 5.17. The molecule has 124 valence electrons. The Hall–Kier alpha value is -2.08. The predicted molar refractivity (Wildman–Crippen MR) is 81.4 cm³/mol. The third kappa shape index (κ3) is 6.58. The average molecular weight is 312 g/mol. The highest BCUT2D eigenvalue weighted by Gasteiger charge is 2.23. The monoisotopic (exact) mass is 312 g/mol. The van der Waals surface area contributed by atoms with Crippen molar-refractivity contribution in [2.45, 2.75) is 45.8 Å². The molecule has 0 aliphatic rings. The summed E-state index contributed by atoms with van der Waals surface area (Å²) in [6.07, 6.45) is 2.70. The molecule has 0 aliphatic heterocycles. The van der Waals surface area contributed by atoms with E-state index >= 15 is 0 Å². The van der Waals surface area contributed by atoms with Gasteiger partial charge in [-0.1, -0.05) is 27.0 Å². The van der Waals surface area contributed by atoms with Gasteiger partial charge in [-0.05, 0) is 19.3 Å². The van der Waals surface area contributed by atoms with Crippen molar-refractivity contribution < 1.29 is 28.9 Å². The topological polar surface area (TPSA) is 82.1 Å². The molecule has 0 aromatic rings. The van der Waals surface area contributed by atoms with E-state index in [-0.39, 0.29) is 17.8 Å². The van der Waals surface area contributed by atoms with Gasteiger partial charge in [-0.3, -0.25) is 0 Å². The first kappa shape index (κ1) is 19.9. The molecule has 1 unspecified atom stereocenters. The lowest BCUT2D eigenvalue weighted by molar-refractivity contribution is -0.166. The molecule has 0 fully saturated rings. The molecule has 0 saturated heterocycles. The first-order chi connectivity index (χ1) is 10.5. The van der Waals surface area contributed by atoms with Crippen molar-refractivity contribution in [2.24, 2.45) is 0 Å². The zero-order valence-electron chi connectivity index (χ0n) is 13.2. The molecule has 0 aromatic heterocycles. The number of carbonyl (C=O) groups excluding carboxylic acids is 2. The van der Waals surface area contributed by atoms with Gasteiger partial charge in [-0.25, -0.2) is 9.59 Å². The molecule has 0 aromatic carbocycles. The summed E-state index contributed by atoms with van der Waals surface area (Å²) in [6, 6.07) is 0. The number of ether oxygens (including phenoxy) is 3. The Bertz CT molecular complexity index is 424. The molecule has 1 N–H and O–H groups in total. The van der Waals surface area contributed by atoms with Crippen LogP contribution < -0.4 is 0 Å². The van der Waals surface area contributed by atoms with Crippen LogP contribution in [0.15, 0.2) is 36.8 Å². The van der Waals surface area contributed by atoms with Crippen molar-refractivity contribution in [3.05, 3.63) is 36.8 Å². The van der Waals surface area contributed by atoms with Crippen LogP contribution in [0.5, 0.6) is 0 Å². The van der Waals surface area contributed by atoms with Crippen molar-refractivity contribution in [3.8, 4) is 0 Å². The lowest BCUT2D eigenvalue weighted by atomic mass is 10.0. The van der Waals surface area contributed by atoms with E-state index in [0.29, 0.717) is 25.7 Å². The van der Waals surface area contributed by atoms with Gasteiger partial charge in [0, 0.05) is 24.2 Å². The van der Waals surface area contributed by atoms with E-state index in [4.69, 9.17) is 19.3 Å². The van der Waals surface area contributed by atoms with Crippen LogP contribution in [0.3, 0.4) is 0 Å². The molecule has 6 nitrogen and oxygen atoms in total. The predicted octanol–water partition coefficient (Wildman–Crippen LogP) is 2.59. The zero-order chi connectivity index (χ0) is 17.0. The Morgan fingerprint density at radius 3 is 2.14 bits per heavy atom. The van der Waals surface area contributed by atoms with Gasteiger partial charge in [0.15, 0.2) is 0 Å². The SMILES string of the molecule is C=COC(=O)/C(CC)=C(/CC)C(=O)OC(CCCO)OC=C. The third-order valence-electron chi connectivity index (χ3n) is 2.84. The highest BCUT2D eigenvalue weighted by Crippen LogP contribution is 2.18. The van der Waals surface area contributed by atoms with Crippen LogP contribution in [-0.2, 0) is 23.8 Å². The number of aliphatic hydroxyl groups is 1. The largest absolute Gasteiger partial charge is 0.463 e. The number of esters is 2. The van der Waals surface area contributed by atoms with Gasteiger partial charge >= 0.3 is 11.9 Å². The van der Waals surface area contributed by atoms with Crippen LogP contribution in [0.4, 0.5) is 0 Å². The van der Waals surface area contributed by atoms with Crippen LogP contribution >= 0.6 is 0 Å². The Kier molecular flexibility index (Phi) is 10.5. The lowest BCUT2D eigenvalue weighted by Crippen LogP contribution is -2.23. The maximum Gasteiger partial charge on any atom is 0.339 e. The summed E-state index contributed by atoms with van der Waals surface area (Å²) in [5.41, 5.74) is 0.475. The van der Waals surface area contributed by atoms with Crippen LogP contribution in [0.2, 0.25) is 0 Å². The molecule has 0 rings (SSSR count). The van der Waals surface area contributed by atoms with E-state index in [9.17, 15) is 9.59 Å². The second kappa shape index (κ2) is 11.6. The van der Waals surface area contributed by atoms with E-state index in [1.807, 2.05) is 0 Å². The van der Waals surface area contributed by atoms with Crippen molar-refractivity contribution in [1.82, 2.24) is 0 Å². The van der Waals surface area contributed by atoms with E-state index in [1.54, 1.807) is 13.8 Å². The van der Waals surface area contributed by atoms with E-state index in [2.05, 4.69) is 13.2 Å². The second-order valence-electron chi connectivity index (χ2n) is 4.24. The molecule has 6 heteroatoms. The average Bonchev–Trinajstić information content (AvgIpc) is 2.50. The summed E-state index contributed by atoms with van der Waals surface area (Å²) in [5.74, 6) is -1.27. The van der Waals surface area contributed by atoms with Crippen molar-refractivity contribution in [3.63, 3.8) is 0 Å². The number of rotatable bonds is 11. The van der Waals surface area contributed by atoms with Gasteiger partial charge in [-0.15, -0.1) is 0 Å². The Labute approximate surface area is 131 Å². The third-order valence-corrected chi connectivity index (χ3v) is 2.84. The molecular formula is C16H24O6. The summed E-state index contributed by atoms with van der Waals surface area (Å²) < 4.78 is 15.0. The molecule has 22 heavy (non-hydrogen) atoms. The van der Waals surface area contributed by atoms with Crippen LogP contribution in [0, 0.1) is 0 Å². The quantitative estimate of drug-likeness (QED) is 0.273. The van der Waals surface area contributed by atoms with Crippen LogP contribution in [0.25, 0.3) is 0 Å². The zero-order valence-corrected chi connectivity index (χ0v) is 13.2. The summed E-state index contributed by atoms with van der Waals surface area (Å²) in [6.45, 7) is 10.2. The first-order valence-corrected chi connectivity index (χ1v) is 7.17. The van der Waals surface area contributed by atoms with Crippen LogP contribution in [-0.4, -0.2) is 29.9 Å². The van der Waals surface area contributed by atoms with Gasteiger partial charge in [0.05, 0.1) is 12.5 Å². The summed E-state index contributed by atoms with van der Waals surface area (Å²) in [7, 11) is 0. The smallest absolute Gasteiger partial charge is 0.339 e. The van der Waals surface area contributed by atoms with Crippen molar-refractivity contribution in [1.29, 1.82) is 0 Å². The molecule has 0 heterocycles. The standard InChI is InChI=1S/C16H24O6/c1-5-12(15(18)21-8-4)13(6-2)16(19)22-14(20-7-3)10-9-11-17/h7-8,14,17H,3-6,9-11H2,1-2H3/b13-12-. The number of hydrogen-bond acceptors (Lipinski definition) is 6. The minimum absolute atomic E-state index is 0.0447. The van der Waals surface area contributed by atoms with Gasteiger partial charge < -0.3 is 19.3 Å². The number of carbonyl (C=O) groups is 2. The highest BCUT2D eigenvalue weighted by molar-refractivity contribution is 6.00. The minimum atomic E-state index is -0.854. The van der Waals surface area contributed by atoms with Gasteiger partial charge in [0.1, 0.15) is 0 Å². The Morgan fingerprint density at radius 1 is 1.09 bits per heavy atom. The minimum Gasteiger partial charge on any atom is -0.463 e. The molecule has 1 atom stereocenters. The van der Waals surface area contributed by atoms with Crippen LogP contribution in [0.1, 0.15) is 39.5 Å².